The van der Waals surface area contributed by atoms with Gasteiger partial charge in [-0.15, -0.1) is 23.7 Å². The summed E-state index contributed by atoms with van der Waals surface area (Å²) in [6.07, 6.45) is 3.76. The predicted molar refractivity (Wildman–Crippen MR) is 76.4 cm³/mol. The zero-order valence-corrected chi connectivity index (χ0v) is 12.4. The van der Waals surface area contributed by atoms with E-state index in [0.717, 1.165) is 29.3 Å². The van der Waals surface area contributed by atoms with Gasteiger partial charge in [0, 0.05) is 19.1 Å². The molecule has 6 heteroatoms. The molecule has 1 aliphatic rings. The van der Waals surface area contributed by atoms with Gasteiger partial charge < -0.3 is 10.6 Å². The van der Waals surface area contributed by atoms with Crippen LogP contribution in [-0.2, 0) is 0 Å². The first-order valence-electron chi connectivity index (χ1n) is 6.05. The maximum atomic E-state index is 12.3. The fourth-order valence-electron chi connectivity index (χ4n) is 2.34. The lowest BCUT2D eigenvalue weighted by atomic mass is 9.92. The Morgan fingerprint density at radius 3 is 2.94 bits per heavy atom. The van der Waals surface area contributed by atoms with E-state index >= 15 is 0 Å². The largest absolute Gasteiger partial charge is 0.334 e. The van der Waals surface area contributed by atoms with Crippen LogP contribution in [0.4, 0.5) is 0 Å². The number of thiazole rings is 1. The fourth-order valence-corrected chi connectivity index (χ4v) is 3.08. The minimum atomic E-state index is 0. The van der Waals surface area contributed by atoms with Crippen LogP contribution in [0.5, 0.6) is 0 Å². The number of piperidine rings is 1. The summed E-state index contributed by atoms with van der Waals surface area (Å²) in [6.45, 7) is 5.51. The van der Waals surface area contributed by atoms with Gasteiger partial charge in [-0.05, 0) is 25.7 Å². The molecule has 2 atom stereocenters. The summed E-state index contributed by atoms with van der Waals surface area (Å²) in [4.78, 5) is 19.1. The second-order valence-electron chi connectivity index (χ2n) is 4.76. The van der Waals surface area contributed by atoms with Gasteiger partial charge >= 0.3 is 0 Å². The van der Waals surface area contributed by atoms with E-state index in [0.29, 0.717) is 12.5 Å². The molecular formula is C12H20ClN3OS. The van der Waals surface area contributed by atoms with Gasteiger partial charge in [-0.2, -0.15) is 0 Å². The lowest BCUT2D eigenvalue weighted by Gasteiger charge is -2.37. The first-order chi connectivity index (χ1) is 8.11. The third-order valence-corrected chi connectivity index (χ3v) is 4.24. The van der Waals surface area contributed by atoms with Crippen molar-refractivity contribution in [2.45, 2.75) is 32.7 Å². The topological polar surface area (TPSA) is 59.2 Å². The van der Waals surface area contributed by atoms with Crippen LogP contribution < -0.4 is 5.73 Å². The van der Waals surface area contributed by atoms with Crippen molar-refractivity contribution < 1.29 is 4.79 Å². The third kappa shape index (κ3) is 3.22. The molecule has 2 unspecified atom stereocenters. The minimum Gasteiger partial charge on any atom is -0.334 e. The molecule has 1 aromatic rings. The predicted octanol–water partition coefficient (Wildman–Crippen LogP) is 2.07. The number of likely N-dealkylation sites (tertiary alicyclic amines) is 1. The Labute approximate surface area is 118 Å². The van der Waals surface area contributed by atoms with Gasteiger partial charge in [0.1, 0.15) is 4.88 Å². The van der Waals surface area contributed by atoms with Crippen molar-refractivity contribution in [3.63, 3.8) is 0 Å². The molecule has 0 spiro atoms. The first-order valence-corrected chi connectivity index (χ1v) is 6.87. The summed E-state index contributed by atoms with van der Waals surface area (Å²) in [7, 11) is 0. The van der Waals surface area contributed by atoms with Crippen LogP contribution >= 0.6 is 23.7 Å². The normalized spacial score (nSPS) is 23.6. The summed E-state index contributed by atoms with van der Waals surface area (Å²) in [6, 6.07) is 0.189. The molecule has 4 nitrogen and oxygen atoms in total. The third-order valence-electron chi connectivity index (χ3n) is 3.34. The number of halogens is 1. The highest BCUT2D eigenvalue weighted by molar-refractivity contribution is 7.13. The number of aromatic nitrogens is 1. The van der Waals surface area contributed by atoms with E-state index in [1.807, 2.05) is 11.8 Å². The van der Waals surface area contributed by atoms with Crippen LogP contribution in [0, 0.1) is 12.8 Å². The van der Waals surface area contributed by atoms with Crippen molar-refractivity contribution in [2.75, 3.05) is 13.1 Å². The molecule has 102 valence electrons. The van der Waals surface area contributed by atoms with Gasteiger partial charge in [0.2, 0.25) is 0 Å². The van der Waals surface area contributed by atoms with E-state index in [9.17, 15) is 4.79 Å². The maximum absolute atomic E-state index is 12.3. The molecule has 0 radical (unpaired) electrons. The van der Waals surface area contributed by atoms with Crippen molar-refractivity contribution in [3.8, 4) is 0 Å². The Balaban J connectivity index is 0.00000162. The molecule has 1 saturated heterocycles. The first kappa shape index (κ1) is 15.4. The van der Waals surface area contributed by atoms with Crippen LogP contribution in [0.15, 0.2) is 6.20 Å². The highest BCUT2D eigenvalue weighted by atomic mass is 35.5. The molecule has 0 bridgehead atoms. The fraction of sp³-hybridized carbons (Fsp3) is 0.667. The number of nitrogens with zero attached hydrogens (tertiary/aromatic N) is 2. The summed E-state index contributed by atoms with van der Waals surface area (Å²) >= 11 is 1.46. The molecular weight excluding hydrogens is 270 g/mol. The van der Waals surface area contributed by atoms with Crippen molar-refractivity contribution >= 4 is 29.7 Å². The lowest BCUT2D eigenvalue weighted by Crippen LogP contribution is -2.49. The minimum absolute atomic E-state index is 0. The van der Waals surface area contributed by atoms with Crippen LogP contribution in [0.25, 0.3) is 0 Å². The number of nitrogens with two attached hydrogens (primary N) is 1. The quantitative estimate of drug-likeness (QED) is 0.907. The van der Waals surface area contributed by atoms with E-state index in [1.54, 1.807) is 6.20 Å². The number of aryl methyl sites for hydroxylation is 1. The molecule has 18 heavy (non-hydrogen) atoms. The monoisotopic (exact) mass is 289 g/mol. The van der Waals surface area contributed by atoms with E-state index in [2.05, 4.69) is 11.9 Å². The number of carbonyl (C=O) groups excluding carboxylic acids is 1. The average molecular weight is 290 g/mol. The van der Waals surface area contributed by atoms with Gasteiger partial charge in [-0.1, -0.05) is 6.92 Å². The van der Waals surface area contributed by atoms with E-state index < -0.39 is 0 Å². The van der Waals surface area contributed by atoms with Crippen molar-refractivity contribution in [1.82, 2.24) is 9.88 Å². The number of amides is 1. The average Bonchev–Trinajstić information content (AvgIpc) is 2.75. The number of carbonyl (C=O) groups is 1. The van der Waals surface area contributed by atoms with E-state index in [1.165, 1.54) is 11.3 Å². The number of hydrogen-bond donors (Lipinski definition) is 1. The zero-order chi connectivity index (χ0) is 12.4. The summed E-state index contributed by atoms with van der Waals surface area (Å²) in [5, 5.41) is 0.933. The van der Waals surface area contributed by atoms with Gasteiger partial charge in [-0.25, -0.2) is 4.98 Å². The van der Waals surface area contributed by atoms with Gasteiger partial charge in [0.15, 0.2) is 0 Å². The Morgan fingerprint density at radius 2 is 2.39 bits per heavy atom. The number of hydrogen-bond acceptors (Lipinski definition) is 4. The van der Waals surface area contributed by atoms with E-state index in [-0.39, 0.29) is 24.4 Å². The molecule has 1 fully saturated rings. The van der Waals surface area contributed by atoms with Crippen molar-refractivity contribution in [3.05, 3.63) is 16.1 Å². The van der Waals surface area contributed by atoms with Crippen LogP contribution in [0.1, 0.15) is 34.4 Å². The Hall–Kier alpha value is -0.650. The Kier molecular flexibility index (Phi) is 5.56. The lowest BCUT2D eigenvalue weighted by molar-refractivity contribution is 0.0578. The summed E-state index contributed by atoms with van der Waals surface area (Å²) in [5.74, 6) is 0.758. The molecule has 2 N–H and O–H groups in total. The second kappa shape index (κ2) is 6.50. The van der Waals surface area contributed by atoms with Gasteiger partial charge in [-0.3, -0.25) is 4.79 Å². The number of rotatable bonds is 2. The summed E-state index contributed by atoms with van der Waals surface area (Å²) in [5.41, 5.74) is 5.77. The van der Waals surface area contributed by atoms with Gasteiger partial charge in [0.25, 0.3) is 5.91 Å². The smallest absolute Gasteiger partial charge is 0.265 e. The Bertz CT molecular complexity index is 410. The van der Waals surface area contributed by atoms with Crippen LogP contribution in [-0.4, -0.2) is 34.9 Å². The molecule has 1 amide bonds. The highest BCUT2D eigenvalue weighted by Gasteiger charge is 2.30. The highest BCUT2D eigenvalue weighted by Crippen LogP contribution is 2.25. The van der Waals surface area contributed by atoms with E-state index in [4.69, 9.17) is 5.73 Å². The molecule has 0 aromatic carbocycles. The van der Waals surface area contributed by atoms with Crippen molar-refractivity contribution in [1.29, 1.82) is 0 Å². The molecule has 0 aliphatic carbocycles. The zero-order valence-electron chi connectivity index (χ0n) is 10.8. The standard InChI is InChI=1S/C12H19N3OS.ClH/c1-8-3-4-15(10(5-8)6-13)12(16)11-7-14-9(2)17-11;/h7-8,10H,3-6,13H2,1-2H3;1H. The molecule has 0 saturated carbocycles. The molecule has 2 rings (SSSR count). The SMILES string of the molecule is Cc1ncc(C(=O)N2CCC(C)CC2CN)s1.Cl. The van der Waals surface area contributed by atoms with Crippen molar-refractivity contribution in [2.24, 2.45) is 11.7 Å². The maximum Gasteiger partial charge on any atom is 0.265 e. The Morgan fingerprint density at radius 1 is 1.67 bits per heavy atom. The van der Waals surface area contributed by atoms with Crippen LogP contribution in [0.3, 0.4) is 0 Å². The summed E-state index contributed by atoms with van der Waals surface area (Å²) < 4.78 is 0. The van der Waals surface area contributed by atoms with Gasteiger partial charge in [0.05, 0.1) is 11.2 Å². The van der Waals surface area contributed by atoms with Crippen LogP contribution in [0.2, 0.25) is 0 Å². The molecule has 1 aliphatic heterocycles. The molecule has 2 heterocycles. The molecule has 1 aromatic heterocycles. The second-order valence-corrected chi connectivity index (χ2v) is 6.00.